The van der Waals surface area contributed by atoms with Crippen LogP contribution in [0.5, 0.6) is 0 Å². The number of sulfonamides is 1. The number of aryl methyl sites for hydroxylation is 1. The molecule has 8 heteroatoms. The fraction of sp³-hybridized carbons (Fsp3) is 0.0833. The second-order valence-corrected chi connectivity index (χ2v) is 7.35. The molecule has 0 spiro atoms. The van der Waals surface area contributed by atoms with E-state index in [4.69, 9.17) is 23.2 Å². The van der Waals surface area contributed by atoms with Crippen LogP contribution in [-0.2, 0) is 10.0 Å². The predicted molar refractivity (Wildman–Crippen MR) is 83.9 cm³/mol. The van der Waals surface area contributed by atoms with Gasteiger partial charge in [-0.05, 0) is 52.7 Å². The van der Waals surface area contributed by atoms with Crippen LogP contribution in [0.25, 0.3) is 0 Å². The summed E-state index contributed by atoms with van der Waals surface area (Å²) in [4.78, 5) is 4.03. The molecule has 0 aliphatic rings. The van der Waals surface area contributed by atoms with E-state index in [-0.39, 0.29) is 14.9 Å². The van der Waals surface area contributed by atoms with Gasteiger partial charge in [-0.15, -0.1) is 0 Å². The van der Waals surface area contributed by atoms with E-state index in [2.05, 4.69) is 25.6 Å². The Balaban J connectivity index is 2.37. The first-order valence-electron chi connectivity index (χ1n) is 5.39. The van der Waals surface area contributed by atoms with Crippen molar-refractivity contribution in [2.45, 2.75) is 11.8 Å². The van der Waals surface area contributed by atoms with Crippen molar-refractivity contribution in [2.24, 2.45) is 0 Å². The molecule has 1 heterocycles. The standard InChI is InChI=1S/C12H9BrCl2N2O2S/c1-7-2-10(6-16-12(7)13)17-20(18,19)11-4-8(14)3-9(15)5-11/h2-6,17H,1H3. The van der Waals surface area contributed by atoms with Crippen LogP contribution in [0, 0.1) is 6.92 Å². The molecule has 0 radical (unpaired) electrons. The zero-order valence-corrected chi connectivity index (χ0v) is 14.1. The number of hydrogen-bond acceptors (Lipinski definition) is 3. The molecule has 4 nitrogen and oxygen atoms in total. The van der Waals surface area contributed by atoms with Gasteiger partial charge >= 0.3 is 0 Å². The highest BCUT2D eigenvalue weighted by Gasteiger charge is 2.16. The van der Waals surface area contributed by atoms with E-state index in [1.807, 2.05) is 6.92 Å². The first-order chi connectivity index (χ1) is 9.28. The summed E-state index contributed by atoms with van der Waals surface area (Å²) in [5.74, 6) is 0. The number of nitrogens with zero attached hydrogens (tertiary/aromatic N) is 1. The monoisotopic (exact) mass is 394 g/mol. The number of hydrogen-bond donors (Lipinski definition) is 1. The topological polar surface area (TPSA) is 59.1 Å². The lowest BCUT2D eigenvalue weighted by Crippen LogP contribution is -2.13. The third-order valence-corrected chi connectivity index (χ3v) is 5.04. The van der Waals surface area contributed by atoms with Crippen LogP contribution in [0.4, 0.5) is 5.69 Å². The molecule has 0 bridgehead atoms. The Morgan fingerprint density at radius 3 is 2.30 bits per heavy atom. The van der Waals surface area contributed by atoms with Gasteiger partial charge in [-0.25, -0.2) is 13.4 Å². The molecule has 0 aliphatic heterocycles. The Hall–Kier alpha value is -0.820. The molecular weight excluding hydrogens is 387 g/mol. The van der Waals surface area contributed by atoms with Crippen molar-refractivity contribution < 1.29 is 8.42 Å². The third-order valence-electron chi connectivity index (χ3n) is 2.41. The van der Waals surface area contributed by atoms with Crippen LogP contribution in [0.1, 0.15) is 5.56 Å². The Morgan fingerprint density at radius 2 is 1.75 bits per heavy atom. The van der Waals surface area contributed by atoms with E-state index in [0.717, 1.165) is 5.56 Å². The molecule has 20 heavy (non-hydrogen) atoms. The molecule has 0 saturated carbocycles. The van der Waals surface area contributed by atoms with Crippen LogP contribution in [0.15, 0.2) is 40.0 Å². The Morgan fingerprint density at radius 1 is 1.15 bits per heavy atom. The fourth-order valence-electron chi connectivity index (χ4n) is 1.51. The zero-order chi connectivity index (χ0) is 14.9. The van der Waals surface area contributed by atoms with E-state index in [0.29, 0.717) is 10.3 Å². The fourth-order valence-corrected chi connectivity index (χ4v) is 3.49. The molecular formula is C12H9BrCl2N2O2S. The first kappa shape index (κ1) is 15.6. The second kappa shape index (κ2) is 5.89. The predicted octanol–water partition coefficient (Wildman–Crippen LogP) is 4.26. The highest BCUT2D eigenvalue weighted by atomic mass is 79.9. The lowest BCUT2D eigenvalue weighted by atomic mass is 10.3. The quantitative estimate of drug-likeness (QED) is 0.789. The summed E-state index contributed by atoms with van der Waals surface area (Å²) in [6.07, 6.45) is 1.42. The number of pyridine rings is 1. The van der Waals surface area contributed by atoms with Crippen LogP contribution >= 0.6 is 39.1 Å². The second-order valence-electron chi connectivity index (χ2n) is 4.04. The van der Waals surface area contributed by atoms with Gasteiger partial charge in [-0.3, -0.25) is 4.72 Å². The third kappa shape index (κ3) is 3.63. The van der Waals surface area contributed by atoms with E-state index in [1.165, 1.54) is 24.4 Å². The van der Waals surface area contributed by atoms with Gasteiger partial charge < -0.3 is 0 Å². The molecule has 0 amide bonds. The summed E-state index contributed by atoms with van der Waals surface area (Å²) in [7, 11) is -3.76. The number of rotatable bonds is 3. The highest BCUT2D eigenvalue weighted by Crippen LogP contribution is 2.25. The van der Waals surface area contributed by atoms with E-state index < -0.39 is 10.0 Å². The maximum absolute atomic E-state index is 12.2. The summed E-state index contributed by atoms with van der Waals surface area (Å²) < 4.78 is 27.6. The molecule has 1 aromatic heterocycles. The van der Waals surface area contributed by atoms with Crippen molar-refractivity contribution in [3.8, 4) is 0 Å². The average Bonchev–Trinajstić information content (AvgIpc) is 2.32. The van der Waals surface area contributed by atoms with Crippen molar-refractivity contribution in [1.82, 2.24) is 4.98 Å². The van der Waals surface area contributed by atoms with Crippen LogP contribution in [0.2, 0.25) is 10.0 Å². The van der Waals surface area contributed by atoms with Gasteiger partial charge in [0.05, 0.1) is 16.8 Å². The van der Waals surface area contributed by atoms with Crippen molar-refractivity contribution in [2.75, 3.05) is 4.72 Å². The van der Waals surface area contributed by atoms with E-state index in [9.17, 15) is 8.42 Å². The normalized spacial score (nSPS) is 11.4. The molecule has 106 valence electrons. The van der Waals surface area contributed by atoms with Crippen molar-refractivity contribution in [3.63, 3.8) is 0 Å². The Labute approximate surface area is 135 Å². The van der Waals surface area contributed by atoms with Gasteiger partial charge in [0.2, 0.25) is 0 Å². The Bertz CT molecular complexity index is 746. The SMILES string of the molecule is Cc1cc(NS(=O)(=O)c2cc(Cl)cc(Cl)c2)cnc1Br. The van der Waals surface area contributed by atoms with Crippen LogP contribution < -0.4 is 4.72 Å². The lowest BCUT2D eigenvalue weighted by molar-refractivity contribution is 0.601. The summed E-state index contributed by atoms with van der Waals surface area (Å²) in [5, 5.41) is 0.506. The van der Waals surface area contributed by atoms with Crippen LogP contribution in [0.3, 0.4) is 0 Å². The summed E-state index contributed by atoms with van der Waals surface area (Å²) in [6, 6.07) is 5.79. The molecule has 0 saturated heterocycles. The molecule has 2 rings (SSSR count). The zero-order valence-electron chi connectivity index (χ0n) is 10.2. The van der Waals surface area contributed by atoms with Gasteiger partial charge in [0.1, 0.15) is 4.60 Å². The van der Waals surface area contributed by atoms with Gasteiger partial charge in [0.25, 0.3) is 10.0 Å². The largest absolute Gasteiger partial charge is 0.278 e. The molecule has 2 aromatic rings. The molecule has 0 aliphatic carbocycles. The molecule has 1 N–H and O–H groups in total. The lowest BCUT2D eigenvalue weighted by Gasteiger charge is -2.09. The number of benzene rings is 1. The highest BCUT2D eigenvalue weighted by molar-refractivity contribution is 9.10. The molecule has 1 aromatic carbocycles. The maximum Gasteiger partial charge on any atom is 0.262 e. The average molecular weight is 396 g/mol. The van der Waals surface area contributed by atoms with E-state index >= 15 is 0 Å². The van der Waals surface area contributed by atoms with Gasteiger partial charge in [-0.2, -0.15) is 0 Å². The smallest absolute Gasteiger partial charge is 0.262 e. The summed E-state index contributed by atoms with van der Waals surface area (Å²) in [5.41, 5.74) is 1.18. The van der Waals surface area contributed by atoms with Gasteiger partial charge in [-0.1, -0.05) is 23.2 Å². The van der Waals surface area contributed by atoms with E-state index in [1.54, 1.807) is 6.07 Å². The van der Waals surface area contributed by atoms with Gasteiger partial charge in [0, 0.05) is 10.0 Å². The summed E-state index contributed by atoms with van der Waals surface area (Å²) in [6.45, 7) is 1.81. The minimum Gasteiger partial charge on any atom is -0.278 e. The van der Waals surface area contributed by atoms with Crippen molar-refractivity contribution in [1.29, 1.82) is 0 Å². The van der Waals surface area contributed by atoms with Crippen molar-refractivity contribution >= 4 is 54.8 Å². The van der Waals surface area contributed by atoms with Crippen molar-refractivity contribution in [3.05, 3.63) is 50.7 Å². The molecule has 0 fully saturated rings. The first-order valence-corrected chi connectivity index (χ1v) is 8.42. The molecule has 0 atom stereocenters. The molecule has 0 unspecified atom stereocenters. The number of halogens is 3. The minimum absolute atomic E-state index is 0.00410. The van der Waals surface area contributed by atoms with Crippen LogP contribution in [-0.4, -0.2) is 13.4 Å². The minimum atomic E-state index is -3.76. The van der Waals surface area contributed by atoms with Gasteiger partial charge in [0.15, 0.2) is 0 Å². The Kier molecular flexibility index (Phi) is 4.59. The number of aromatic nitrogens is 1. The maximum atomic E-state index is 12.2. The number of nitrogens with one attached hydrogen (secondary N) is 1. The summed E-state index contributed by atoms with van der Waals surface area (Å²) >= 11 is 14.9. The number of anilines is 1.